The van der Waals surface area contributed by atoms with Crippen molar-refractivity contribution < 1.29 is 43.5 Å². The molecule has 11 heteroatoms. The minimum absolute atomic E-state index is 0. The number of benzene rings is 1. The van der Waals surface area contributed by atoms with E-state index in [4.69, 9.17) is 25.3 Å². The summed E-state index contributed by atoms with van der Waals surface area (Å²) in [6.45, 7) is 3.36. The van der Waals surface area contributed by atoms with Crippen LogP contribution in [0.5, 0.6) is 0 Å². The molecule has 0 aliphatic carbocycles. The van der Waals surface area contributed by atoms with E-state index in [-0.39, 0.29) is 27.1 Å². The molecule has 1 aliphatic heterocycles. The molecule has 1 aromatic carbocycles. The molecule has 0 bridgehead atoms. The van der Waals surface area contributed by atoms with Crippen molar-refractivity contribution in [3.63, 3.8) is 0 Å². The van der Waals surface area contributed by atoms with Gasteiger partial charge in [-0.3, -0.25) is 0 Å². The van der Waals surface area contributed by atoms with Gasteiger partial charge < -0.3 is 30.2 Å². The summed E-state index contributed by atoms with van der Waals surface area (Å²) in [6.07, 6.45) is 5.26. The fourth-order valence-electron chi connectivity index (χ4n) is 3.17. The number of aromatic nitrogens is 1. The normalized spacial score (nSPS) is 16.9. The summed E-state index contributed by atoms with van der Waals surface area (Å²) in [4.78, 5) is 2.09. The molecular formula is C18H21AuF4N3S2Si-2. The maximum atomic E-state index is 12.8. The summed E-state index contributed by atoms with van der Waals surface area (Å²) in [5, 5.41) is 1.07. The SMILES string of the molecule is F[Si-](F)(F)(F)c1ccc(CCc2cc[n+](N3CCN(C([S-])[S-])CC3)cc2)cc1.[Au]. The molecule has 3 rings (SSSR count). The molecule has 0 unspecified atom stereocenters. The zero-order chi connectivity index (χ0) is 20.4. The van der Waals surface area contributed by atoms with Gasteiger partial charge in [-0.05, 0) is 0 Å². The van der Waals surface area contributed by atoms with Gasteiger partial charge in [-0.15, -0.1) is 0 Å². The van der Waals surface area contributed by atoms with Gasteiger partial charge in [0.05, 0.1) is 0 Å². The van der Waals surface area contributed by atoms with Gasteiger partial charge in [0, 0.05) is 35.5 Å². The Bertz CT molecular complexity index is 786. The van der Waals surface area contributed by atoms with Gasteiger partial charge in [-0.1, -0.05) is 0 Å². The first kappa shape index (κ1) is 24.8. The summed E-state index contributed by atoms with van der Waals surface area (Å²) >= 11 is 10.2. The molecule has 0 amide bonds. The number of halogens is 4. The van der Waals surface area contributed by atoms with Crippen LogP contribution in [0.4, 0.5) is 16.4 Å². The van der Waals surface area contributed by atoms with E-state index >= 15 is 0 Å². The van der Waals surface area contributed by atoms with Crippen LogP contribution in [0.3, 0.4) is 0 Å². The van der Waals surface area contributed by atoms with E-state index in [1.807, 2.05) is 29.2 Å². The second-order valence-corrected chi connectivity index (χ2v) is 10.3. The second-order valence-electron chi connectivity index (χ2n) is 6.89. The van der Waals surface area contributed by atoms with E-state index in [0.29, 0.717) is 12.8 Å². The van der Waals surface area contributed by atoms with E-state index < -0.39 is 13.9 Å². The van der Waals surface area contributed by atoms with Crippen LogP contribution < -0.4 is 14.9 Å². The van der Waals surface area contributed by atoms with Crippen molar-refractivity contribution in [3.8, 4) is 0 Å². The molecule has 29 heavy (non-hydrogen) atoms. The Labute approximate surface area is 195 Å². The maximum Gasteiger partial charge on any atom is 0 e. The third kappa shape index (κ3) is 7.02. The molecule has 2 heterocycles. The summed E-state index contributed by atoms with van der Waals surface area (Å²) in [5.74, 6) is 0. The molecule has 0 spiro atoms. The quantitative estimate of drug-likeness (QED) is 0.156. The van der Waals surface area contributed by atoms with E-state index in [1.54, 1.807) is 0 Å². The van der Waals surface area contributed by atoms with Crippen molar-refractivity contribution in [1.29, 1.82) is 0 Å². The van der Waals surface area contributed by atoms with E-state index in [1.165, 1.54) is 12.1 Å². The van der Waals surface area contributed by atoms with Crippen molar-refractivity contribution >= 4 is 39.1 Å². The average Bonchev–Trinajstić information content (AvgIpc) is 2.66. The van der Waals surface area contributed by atoms with Crippen LogP contribution in [0, 0.1) is 0 Å². The molecular weight excluding hydrogens is 623 g/mol. The molecule has 165 valence electrons. The molecule has 1 aromatic heterocycles. The number of hydrogen-bond donors (Lipinski definition) is 0. The first-order chi connectivity index (χ1) is 13.1. The molecule has 0 N–H and O–H groups in total. The second kappa shape index (κ2) is 9.76. The van der Waals surface area contributed by atoms with Gasteiger partial charge in [0.15, 0.2) is 0 Å². The Morgan fingerprint density at radius 2 is 1.31 bits per heavy atom. The van der Waals surface area contributed by atoms with Crippen LogP contribution in [0.1, 0.15) is 11.1 Å². The van der Waals surface area contributed by atoms with Crippen molar-refractivity contribution in [2.75, 3.05) is 31.2 Å². The van der Waals surface area contributed by atoms with Crippen LogP contribution in [-0.4, -0.2) is 44.5 Å². The third-order valence-corrected chi connectivity index (χ3v) is 6.69. The Kier molecular flexibility index (Phi) is 8.33. The Morgan fingerprint density at radius 3 is 1.76 bits per heavy atom. The molecule has 1 fully saturated rings. The molecule has 0 saturated carbocycles. The molecule has 2 aromatic rings. The van der Waals surface area contributed by atoms with Gasteiger partial charge in [0.2, 0.25) is 0 Å². The van der Waals surface area contributed by atoms with E-state index in [9.17, 15) is 16.4 Å². The summed E-state index contributed by atoms with van der Waals surface area (Å²) in [7, 11) is -7.91. The van der Waals surface area contributed by atoms with E-state index in [0.717, 1.165) is 49.4 Å². The van der Waals surface area contributed by atoms with Crippen molar-refractivity contribution in [1.82, 2.24) is 4.90 Å². The predicted molar refractivity (Wildman–Crippen MR) is 108 cm³/mol. The van der Waals surface area contributed by atoms with Crippen molar-refractivity contribution in [3.05, 3.63) is 59.9 Å². The van der Waals surface area contributed by atoms with Crippen molar-refractivity contribution in [2.24, 2.45) is 0 Å². The van der Waals surface area contributed by atoms with Gasteiger partial charge in [0.25, 0.3) is 0 Å². The van der Waals surface area contributed by atoms with Gasteiger partial charge in [-0.25, -0.2) is 4.71 Å². The first-order valence-corrected chi connectivity index (χ1v) is 11.9. The number of hydrogen-bond acceptors (Lipinski definition) is 4. The number of aryl methyl sites for hydroxylation is 2. The Morgan fingerprint density at radius 1 is 0.828 bits per heavy atom. The fraction of sp³-hybridized carbons (Fsp3) is 0.389. The minimum atomic E-state index is -7.91. The Hall–Kier alpha value is -0.493. The average molecular weight is 645 g/mol. The molecule has 3 nitrogen and oxygen atoms in total. The summed E-state index contributed by atoms with van der Waals surface area (Å²) < 4.78 is 52.9. The summed E-state index contributed by atoms with van der Waals surface area (Å²) in [5.41, 5.74) is 1.84. The molecule has 0 atom stereocenters. The van der Waals surface area contributed by atoms with Gasteiger partial charge in [0.1, 0.15) is 0 Å². The Balaban J connectivity index is 0.00000300. The fourth-order valence-corrected chi connectivity index (χ4v) is 4.26. The smallest absolute Gasteiger partial charge is 0 e. The molecule has 1 radical (unpaired) electrons. The number of nitrogens with zero attached hydrogens (tertiary/aromatic N) is 3. The largest absolute Gasteiger partial charge is 0 e. The number of piperazine rings is 1. The van der Waals surface area contributed by atoms with E-state index in [2.05, 4.69) is 9.91 Å². The van der Waals surface area contributed by atoms with Crippen molar-refractivity contribution in [2.45, 2.75) is 17.5 Å². The molecule has 1 saturated heterocycles. The first-order valence-electron chi connectivity index (χ1n) is 8.99. The molecule has 1 aliphatic rings. The summed E-state index contributed by atoms with van der Waals surface area (Å²) in [6, 6.07) is 8.41. The van der Waals surface area contributed by atoms with Crippen LogP contribution in [0.25, 0.3) is 0 Å². The number of pyridine rings is 1. The van der Waals surface area contributed by atoms with Gasteiger partial charge in [-0.2, -0.15) is 0 Å². The topological polar surface area (TPSA) is 10.4 Å². The van der Waals surface area contributed by atoms with Crippen LogP contribution in [0.2, 0.25) is 0 Å². The van der Waals surface area contributed by atoms with Crippen LogP contribution in [-0.2, 0) is 60.5 Å². The monoisotopic (exact) mass is 644 g/mol. The number of rotatable bonds is 6. The van der Waals surface area contributed by atoms with Crippen LogP contribution >= 0.6 is 0 Å². The zero-order valence-electron chi connectivity index (χ0n) is 15.4. The predicted octanol–water partition coefficient (Wildman–Crippen LogP) is 1.86. The standard InChI is InChI=1S/C18H23F4N3S2Si.Au/c19-28(20,21,22)17-5-3-15(4-6-17)1-2-16-7-9-24(10-8-16)25-13-11-23(12-14-25)18(26)27;/h3-10,18,26-27H,1-2,11-14H2;/p-2. The third-order valence-electron chi connectivity index (χ3n) is 4.89. The minimum Gasteiger partial charge on any atom is 0 e. The van der Waals surface area contributed by atoms with Gasteiger partial charge >= 0.3 is 126 Å². The van der Waals surface area contributed by atoms with Crippen LogP contribution in [0.15, 0.2) is 48.8 Å². The maximum absolute atomic E-state index is 12.8. The zero-order valence-corrected chi connectivity index (χ0v) is 20.2.